The van der Waals surface area contributed by atoms with Crippen LogP contribution in [-0.4, -0.2) is 32.6 Å². The number of hydrogen-bond donors (Lipinski definition) is 2. The molecule has 0 fully saturated rings. The van der Waals surface area contributed by atoms with Crippen LogP contribution in [0.2, 0.25) is 0 Å². The average Bonchev–Trinajstić information content (AvgIpc) is 2.67. The van der Waals surface area contributed by atoms with Crippen molar-refractivity contribution in [2.75, 3.05) is 6.61 Å². The van der Waals surface area contributed by atoms with Gasteiger partial charge >= 0.3 is 5.97 Å². The van der Waals surface area contributed by atoms with E-state index in [-0.39, 0.29) is 31.4 Å². The predicted molar refractivity (Wildman–Crippen MR) is 66.0 cm³/mol. The van der Waals surface area contributed by atoms with Crippen LogP contribution in [0, 0.1) is 0 Å². The molecule has 6 nitrogen and oxygen atoms in total. The van der Waals surface area contributed by atoms with E-state index in [1.54, 1.807) is 25.1 Å². The fourth-order valence-corrected chi connectivity index (χ4v) is 1.53. The molecule has 0 saturated carbocycles. The summed E-state index contributed by atoms with van der Waals surface area (Å²) in [5.41, 5.74) is 1.45. The number of nitrogens with zero attached hydrogens (tertiary/aromatic N) is 2. The van der Waals surface area contributed by atoms with E-state index in [4.69, 9.17) is 9.84 Å². The molecule has 0 aliphatic carbocycles. The molecule has 0 unspecified atom stereocenters. The van der Waals surface area contributed by atoms with E-state index in [1.807, 2.05) is 0 Å². The van der Waals surface area contributed by atoms with Gasteiger partial charge in [0.2, 0.25) is 0 Å². The zero-order valence-corrected chi connectivity index (χ0v) is 10.5. The third-order valence-corrected chi connectivity index (χ3v) is 2.34. The van der Waals surface area contributed by atoms with Crippen molar-refractivity contribution >= 4 is 29.4 Å². The quantitative estimate of drug-likeness (QED) is 0.651. The third kappa shape index (κ3) is 2.39. The molecule has 1 aromatic carbocycles. The Kier molecular flexibility index (Phi) is 4.52. The van der Waals surface area contributed by atoms with Gasteiger partial charge in [-0.2, -0.15) is 4.73 Å². The number of benzene rings is 1. The topological polar surface area (TPSA) is 84.6 Å². The number of ether oxygens (including phenoxy) is 1. The first-order valence-corrected chi connectivity index (χ1v) is 5.16. The van der Waals surface area contributed by atoms with Crippen molar-refractivity contribution in [1.29, 1.82) is 0 Å². The molecule has 18 heavy (non-hydrogen) atoms. The Hall–Kier alpha value is -1.79. The van der Waals surface area contributed by atoms with Crippen LogP contribution in [0.3, 0.4) is 0 Å². The predicted octanol–water partition coefficient (Wildman–Crippen LogP) is 1.36. The van der Waals surface area contributed by atoms with E-state index < -0.39 is 5.97 Å². The molecule has 2 N–H and O–H groups in total. The summed E-state index contributed by atoms with van der Waals surface area (Å²) in [6.07, 6.45) is 0. The number of aromatic nitrogens is 2. The van der Waals surface area contributed by atoms with Crippen LogP contribution < -0.4 is 0 Å². The lowest BCUT2D eigenvalue weighted by molar-refractivity contribution is 0.0470. The Balaban J connectivity index is 0.00000162. The lowest BCUT2D eigenvalue weighted by Gasteiger charge is -2.00. The van der Waals surface area contributed by atoms with Gasteiger partial charge in [0, 0.05) is 0 Å². The molecule has 7 heteroatoms. The van der Waals surface area contributed by atoms with Crippen molar-refractivity contribution in [3.8, 4) is 0 Å². The Labute approximate surface area is 109 Å². The number of carbonyl (C=O) groups excluding carboxylic acids is 1. The summed E-state index contributed by atoms with van der Waals surface area (Å²) in [6.45, 7) is 1.74. The molecule has 1 heterocycles. The second-order valence-corrected chi connectivity index (χ2v) is 3.45. The number of aliphatic hydroxyl groups excluding tert-OH is 1. The Morgan fingerprint density at radius 2 is 2.22 bits per heavy atom. The zero-order valence-electron chi connectivity index (χ0n) is 9.66. The normalized spacial score (nSPS) is 10.1. The summed E-state index contributed by atoms with van der Waals surface area (Å²) in [5, 5.41) is 18.8. The first-order chi connectivity index (χ1) is 8.17. The minimum Gasteiger partial charge on any atom is -0.460 e. The zero-order chi connectivity index (χ0) is 12.4. The number of hydrogen-bond acceptors (Lipinski definition) is 5. The van der Waals surface area contributed by atoms with Crippen LogP contribution in [0.5, 0.6) is 0 Å². The highest BCUT2D eigenvalue weighted by Gasteiger charge is 2.18. The third-order valence-electron chi connectivity index (χ3n) is 2.34. The highest BCUT2D eigenvalue weighted by Crippen LogP contribution is 2.17. The van der Waals surface area contributed by atoms with Gasteiger partial charge in [0.15, 0.2) is 0 Å². The molecular weight excluding hydrogens is 260 g/mol. The van der Waals surface area contributed by atoms with E-state index in [2.05, 4.69) is 4.98 Å². The van der Waals surface area contributed by atoms with Gasteiger partial charge in [-0.1, -0.05) is 6.07 Å². The maximum Gasteiger partial charge on any atom is 0.377 e. The Morgan fingerprint density at radius 3 is 2.83 bits per heavy atom. The summed E-state index contributed by atoms with van der Waals surface area (Å²) in [6, 6.07) is 4.85. The van der Waals surface area contributed by atoms with Crippen LogP contribution in [-0.2, 0) is 11.3 Å². The van der Waals surface area contributed by atoms with Gasteiger partial charge in [-0.3, -0.25) is 0 Å². The van der Waals surface area contributed by atoms with Crippen molar-refractivity contribution in [1.82, 2.24) is 9.71 Å². The largest absolute Gasteiger partial charge is 0.460 e. The van der Waals surface area contributed by atoms with Crippen molar-refractivity contribution in [3.63, 3.8) is 0 Å². The summed E-state index contributed by atoms with van der Waals surface area (Å²) >= 11 is 0. The first kappa shape index (κ1) is 14.3. The molecule has 0 spiro atoms. The molecule has 0 saturated heterocycles. The van der Waals surface area contributed by atoms with Crippen molar-refractivity contribution in [3.05, 3.63) is 29.6 Å². The summed E-state index contributed by atoms with van der Waals surface area (Å²) in [4.78, 5) is 15.4. The van der Waals surface area contributed by atoms with Gasteiger partial charge in [-0.25, -0.2) is 9.78 Å². The smallest absolute Gasteiger partial charge is 0.377 e. The second kappa shape index (κ2) is 5.70. The van der Waals surface area contributed by atoms with E-state index in [0.29, 0.717) is 21.3 Å². The van der Waals surface area contributed by atoms with Crippen LogP contribution in [0.25, 0.3) is 11.0 Å². The average molecular weight is 273 g/mol. The Bertz CT molecular complexity index is 567. The van der Waals surface area contributed by atoms with E-state index in [1.165, 1.54) is 0 Å². The molecule has 0 aliphatic heterocycles. The first-order valence-electron chi connectivity index (χ1n) is 5.16. The molecule has 2 aromatic rings. The van der Waals surface area contributed by atoms with E-state index in [9.17, 15) is 10.0 Å². The van der Waals surface area contributed by atoms with E-state index >= 15 is 0 Å². The van der Waals surface area contributed by atoms with Gasteiger partial charge in [-0.05, 0) is 24.6 Å². The number of carbonyl (C=O) groups is 1. The number of rotatable bonds is 3. The molecule has 0 amide bonds. The van der Waals surface area contributed by atoms with Crippen LogP contribution in [0.4, 0.5) is 0 Å². The fourth-order valence-electron chi connectivity index (χ4n) is 1.53. The standard InChI is InChI=1S/C11H12N2O4.ClH/c1-2-17-11(15)10-12-8-4-3-7(6-14)5-9(8)13(10)16;/h3-5,14,16H,2,6H2,1H3;1H. The minimum atomic E-state index is -0.684. The molecule has 0 radical (unpaired) electrons. The molecule has 0 atom stereocenters. The lowest BCUT2D eigenvalue weighted by Crippen LogP contribution is -2.11. The number of halogens is 1. The molecule has 2 rings (SSSR count). The number of imidazole rings is 1. The van der Waals surface area contributed by atoms with Gasteiger partial charge in [-0.15, -0.1) is 12.4 Å². The summed E-state index contributed by atoms with van der Waals surface area (Å²) < 4.78 is 5.44. The molecule has 0 bridgehead atoms. The van der Waals surface area contributed by atoms with Gasteiger partial charge in [0.05, 0.1) is 18.7 Å². The van der Waals surface area contributed by atoms with E-state index in [0.717, 1.165) is 0 Å². The molecular formula is C11H13ClN2O4. The summed E-state index contributed by atoms with van der Waals surface area (Å²) in [7, 11) is 0. The van der Waals surface area contributed by atoms with Gasteiger partial charge in [0.25, 0.3) is 5.82 Å². The number of esters is 1. The number of aliphatic hydroxyl groups is 1. The molecule has 98 valence electrons. The van der Waals surface area contributed by atoms with Crippen molar-refractivity contribution in [2.45, 2.75) is 13.5 Å². The van der Waals surface area contributed by atoms with Crippen LogP contribution >= 0.6 is 12.4 Å². The lowest BCUT2D eigenvalue weighted by atomic mass is 10.2. The van der Waals surface area contributed by atoms with Crippen LogP contribution in [0.15, 0.2) is 18.2 Å². The highest BCUT2D eigenvalue weighted by molar-refractivity contribution is 5.90. The van der Waals surface area contributed by atoms with Crippen molar-refractivity contribution < 1.29 is 19.8 Å². The number of fused-ring (bicyclic) bond motifs is 1. The maximum atomic E-state index is 11.5. The summed E-state index contributed by atoms with van der Waals surface area (Å²) in [5.74, 6) is -0.853. The highest BCUT2D eigenvalue weighted by atomic mass is 35.5. The monoisotopic (exact) mass is 272 g/mol. The van der Waals surface area contributed by atoms with Gasteiger partial charge < -0.3 is 15.1 Å². The van der Waals surface area contributed by atoms with Gasteiger partial charge in [0.1, 0.15) is 5.52 Å². The molecule has 1 aromatic heterocycles. The minimum absolute atomic E-state index is 0. The fraction of sp³-hybridized carbons (Fsp3) is 0.273. The maximum absolute atomic E-state index is 11.5. The van der Waals surface area contributed by atoms with Crippen molar-refractivity contribution in [2.24, 2.45) is 0 Å². The molecule has 0 aliphatic rings. The Morgan fingerprint density at radius 1 is 1.50 bits per heavy atom. The van der Waals surface area contributed by atoms with Crippen LogP contribution in [0.1, 0.15) is 23.1 Å². The second-order valence-electron chi connectivity index (χ2n) is 3.45. The SMILES string of the molecule is CCOC(=O)c1nc2ccc(CO)cc2n1O.Cl.